The molecule has 0 aliphatic carbocycles. The Morgan fingerprint density at radius 3 is 1.90 bits per heavy atom. The van der Waals surface area contributed by atoms with Crippen LogP contribution in [0.2, 0.25) is 0 Å². The third-order valence-corrected chi connectivity index (χ3v) is 5.14. The molecule has 0 amide bonds. The number of aromatic nitrogens is 4. The fraction of sp³-hybridized carbons (Fsp3) is 0.130. The van der Waals surface area contributed by atoms with Crippen LogP contribution in [0.25, 0.3) is 0 Å². The Kier molecular flexibility index (Phi) is 5.27. The van der Waals surface area contributed by atoms with E-state index in [2.05, 4.69) is 19.9 Å². The van der Waals surface area contributed by atoms with Gasteiger partial charge < -0.3 is 10.0 Å². The number of pyridine rings is 4. The molecule has 0 fully saturated rings. The number of anilines is 2. The van der Waals surface area contributed by atoms with Gasteiger partial charge in [-0.15, -0.1) is 0 Å². The molecule has 4 heterocycles. The van der Waals surface area contributed by atoms with E-state index < -0.39 is 5.41 Å². The number of aliphatic hydroxyl groups is 1. The standard InChI is InChI=1S/C23H21N5O/c1-28(20-8-4-12-26-16-20)22-21(9-5-13-27-22)23(17-29,18-6-2-10-24-14-18)19-7-3-11-25-15-19/h2-16,29H,17H2,1H3. The summed E-state index contributed by atoms with van der Waals surface area (Å²) in [5.74, 6) is 0.724. The lowest BCUT2D eigenvalue weighted by atomic mass is 9.71. The van der Waals surface area contributed by atoms with E-state index in [1.165, 1.54) is 0 Å². The SMILES string of the molecule is CN(c1cccnc1)c1ncccc1C(CO)(c1cccnc1)c1cccnc1. The van der Waals surface area contributed by atoms with Gasteiger partial charge in [0.05, 0.1) is 23.9 Å². The van der Waals surface area contributed by atoms with Crippen molar-refractivity contribution in [1.29, 1.82) is 0 Å². The van der Waals surface area contributed by atoms with Gasteiger partial charge in [0.1, 0.15) is 5.82 Å². The largest absolute Gasteiger partial charge is 0.395 e. The Balaban J connectivity index is 1.98. The van der Waals surface area contributed by atoms with Crippen molar-refractivity contribution >= 4 is 11.5 Å². The molecule has 6 heteroatoms. The highest BCUT2D eigenvalue weighted by Crippen LogP contribution is 2.42. The Labute approximate surface area is 169 Å². The summed E-state index contributed by atoms with van der Waals surface area (Å²) in [6, 6.07) is 15.4. The van der Waals surface area contributed by atoms with Gasteiger partial charge in [-0.2, -0.15) is 0 Å². The van der Waals surface area contributed by atoms with Gasteiger partial charge in [-0.1, -0.05) is 18.2 Å². The van der Waals surface area contributed by atoms with E-state index in [0.29, 0.717) is 0 Å². The van der Waals surface area contributed by atoms with Crippen LogP contribution < -0.4 is 4.90 Å². The van der Waals surface area contributed by atoms with E-state index in [-0.39, 0.29) is 6.61 Å². The van der Waals surface area contributed by atoms with Crippen LogP contribution in [-0.4, -0.2) is 38.7 Å². The lowest BCUT2D eigenvalue weighted by Gasteiger charge is -2.36. The Bertz CT molecular complexity index is 1020. The zero-order chi connectivity index (χ0) is 20.1. The van der Waals surface area contributed by atoms with Gasteiger partial charge >= 0.3 is 0 Å². The summed E-state index contributed by atoms with van der Waals surface area (Å²) < 4.78 is 0. The molecule has 0 aromatic carbocycles. The summed E-state index contributed by atoms with van der Waals surface area (Å²) in [7, 11) is 1.94. The molecule has 0 aliphatic heterocycles. The van der Waals surface area contributed by atoms with Crippen LogP contribution in [0.3, 0.4) is 0 Å². The summed E-state index contributed by atoms with van der Waals surface area (Å²) >= 11 is 0. The van der Waals surface area contributed by atoms with Crippen molar-refractivity contribution in [2.24, 2.45) is 0 Å². The van der Waals surface area contributed by atoms with E-state index in [1.807, 2.05) is 60.5 Å². The molecular formula is C23H21N5O. The Hall–Kier alpha value is -3.64. The molecule has 6 nitrogen and oxygen atoms in total. The molecule has 0 bridgehead atoms. The van der Waals surface area contributed by atoms with Crippen molar-refractivity contribution in [3.63, 3.8) is 0 Å². The van der Waals surface area contributed by atoms with E-state index in [1.54, 1.807) is 43.4 Å². The van der Waals surface area contributed by atoms with Crippen molar-refractivity contribution in [2.75, 3.05) is 18.6 Å². The molecule has 144 valence electrons. The highest BCUT2D eigenvalue weighted by atomic mass is 16.3. The van der Waals surface area contributed by atoms with Gasteiger partial charge in [0.2, 0.25) is 0 Å². The molecule has 1 N–H and O–H groups in total. The second-order valence-electron chi connectivity index (χ2n) is 6.69. The quantitative estimate of drug-likeness (QED) is 0.550. The van der Waals surface area contributed by atoms with Crippen LogP contribution in [-0.2, 0) is 5.41 Å². The molecule has 4 rings (SSSR count). The maximum absolute atomic E-state index is 10.8. The molecule has 0 radical (unpaired) electrons. The normalized spacial score (nSPS) is 11.2. The lowest BCUT2D eigenvalue weighted by molar-refractivity contribution is 0.242. The van der Waals surface area contributed by atoms with Gasteiger partial charge in [0.25, 0.3) is 0 Å². The first-order valence-corrected chi connectivity index (χ1v) is 9.28. The first-order valence-electron chi connectivity index (χ1n) is 9.28. The minimum atomic E-state index is -0.872. The smallest absolute Gasteiger partial charge is 0.137 e. The molecule has 4 aromatic rings. The number of hydrogen-bond acceptors (Lipinski definition) is 6. The van der Waals surface area contributed by atoms with Crippen LogP contribution in [0.1, 0.15) is 16.7 Å². The maximum Gasteiger partial charge on any atom is 0.137 e. The molecule has 0 unspecified atom stereocenters. The monoisotopic (exact) mass is 383 g/mol. The molecule has 0 saturated carbocycles. The fourth-order valence-corrected chi connectivity index (χ4v) is 3.65. The van der Waals surface area contributed by atoms with E-state index in [9.17, 15) is 5.11 Å². The third-order valence-electron chi connectivity index (χ3n) is 5.14. The summed E-state index contributed by atoms with van der Waals surface area (Å²) in [6.07, 6.45) is 12.3. The molecule has 4 aromatic heterocycles. The number of aliphatic hydroxyl groups excluding tert-OH is 1. The Morgan fingerprint density at radius 1 is 0.793 bits per heavy atom. The predicted octanol–water partition coefficient (Wildman–Crippen LogP) is 3.36. The average molecular weight is 383 g/mol. The molecule has 0 saturated heterocycles. The van der Waals surface area contributed by atoms with Crippen molar-refractivity contribution in [1.82, 2.24) is 19.9 Å². The van der Waals surface area contributed by atoms with Gasteiger partial charge in [-0.3, -0.25) is 15.0 Å². The maximum atomic E-state index is 10.8. The third kappa shape index (κ3) is 3.34. The van der Waals surface area contributed by atoms with E-state index in [4.69, 9.17) is 0 Å². The first-order chi connectivity index (χ1) is 14.3. The van der Waals surface area contributed by atoms with Gasteiger partial charge in [-0.25, -0.2) is 4.98 Å². The minimum Gasteiger partial charge on any atom is -0.395 e. The van der Waals surface area contributed by atoms with Crippen molar-refractivity contribution < 1.29 is 5.11 Å². The number of nitrogens with zero attached hydrogens (tertiary/aromatic N) is 5. The summed E-state index contributed by atoms with van der Waals surface area (Å²) in [5.41, 5.74) is 2.61. The first kappa shape index (κ1) is 18.7. The second-order valence-corrected chi connectivity index (χ2v) is 6.69. The molecule has 0 spiro atoms. The predicted molar refractivity (Wildman–Crippen MR) is 112 cm³/mol. The van der Waals surface area contributed by atoms with Crippen LogP contribution in [0, 0.1) is 0 Å². The average Bonchev–Trinajstić information content (AvgIpc) is 2.82. The Morgan fingerprint density at radius 2 is 1.38 bits per heavy atom. The van der Waals surface area contributed by atoms with Crippen molar-refractivity contribution in [2.45, 2.75) is 5.41 Å². The second kappa shape index (κ2) is 8.16. The zero-order valence-electron chi connectivity index (χ0n) is 16.1. The van der Waals surface area contributed by atoms with Crippen LogP contribution in [0.5, 0.6) is 0 Å². The molecule has 29 heavy (non-hydrogen) atoms. The van der Waals surface area contributed by atoms with E-state index >= 15 is 0 Å². The van der Waals surface area contributed by atoms with Crippen LogP contribution in [0.15, 0.2) is 91.9 Å². The summed E-state index contributed by atoms with van der Waals surface area (Å²) in [5, 5.41) is 10.8. The number of rotatable bonds is 6. The topological polar surface area (TPSA) is 75.0 Å². The summed E-state index contributed by atoms with van der Waals surface area (Å²) in [4.78, 5) is 19.5. The highest BCUT2D eigenvalue weighted by molar-refractivity contribution is 5.66. The molecule has 0 aliphatic rings. The van der Waals surface area contributed by atoms with E-state index in [0.717, 1.165) is 28.2 Å². The molecular weight excluding hydrogens is 362 g/mol. The summed E-state index contributed by atoms with van der Waals surface area (Å²) in [6.45, 7) is -0.163. The number of hydrogen-bond donors (Lipinski definition) is 1. The lowest BCUT2D eigenvalue weighted by Crippen LogP contribution is -2.35. The van der Waals surface area contributed by atoms with Gasteiger partial charge in [0.15, 0.2) is 0 Å². The molecule has 0 atom stereocenters. The minimum absolute atomic E-state index is 0.163. The van der Waals surface area contributed by atoms with Crippen LogP contribution >= 0.6 is 0 Å². The zero-order valence-corrected chi connectivity index (χ0v) is 16.1. The van der Waals surface area contributed by atoms with Crippen molar-refractivity contribution in [3.8, 4) is 0 Å². The van der Waals surface area contributed by atoms with Gasteiger partial charge in [-0.05, 0) is 41.5 Å². The van der Waals surface area contributed by atoms with Crippen molar-refractivity contribution in [3.05, 3.63) is 109 Å². The van der Waals surface area contributed by atoms with Crippen LogP contribution in [0.4, 0.5) is 11.5 Å². The van der Waals surface area contributed by atoms with Gasteiger partial charge in [0, 0.05) is 49.8 Å². The fourth-order valence-electron chi connectivity index (χ4n) is 3.65. The highest BCUT2D eigenvalue weighted by Gasteiger charge is 2.39.